The van der Waals surface area contributed by atoms with E-state index in [0.29, 0.717) is 26.5 Å². The van der Waals surface area contributed by atoms with Crippen LogP contribution in [0.5, 0.6) is 0 Å². The van der Waals surface area contributed by atoms with Crippen LogP contribution in [0.2, 0.25) is 5.02 Å². The highest BCUT2D eigenvalue weighted by atomic mass is 35.5. The van der Waals surface area contributed by atoms with Gasteiger partial charge in [-0.3, -0.25) is 14.5 Å². The molecule has 1 aliphatic rings. The first-order valence-corrected chi connectivity index (χ1v) is 14.6. The van der Waals surface area contributed by atoms with Crippen molar-refractivity contribution in [3.8, 4) is 0 Å². The van der Waals surface area contributed by atoms with E-state index in [1.807, 2.05) is 37.3 Å². The number of rotatable bonds is 6. The predicted octanol–water partition coefficient (Wildman–Crippen LogP) is 6.51. The van der Waals surface area contributed by atoms with E-state index < -0.39 is 29.3 Å². The summed E-state index contributed by atoms with van der Waals surface area (Å²) in [4.78, 5) is 32.7. The first-order chi connectivity index (χ1) is 19.8. The summed E-state index contributed by atoms with van der Waals surface area (Å²) in [6.45, 7) is 3.62. The van der Waals surface area contributed by atoms with Crippen LogP contribution in [0.3, 0.4) is 0 Å². The van der Waals surface area contributed by atoms with Crippen molar-refractivity contribution in [1.29, 1.82) is 0 Å². The van der Waals surface area contributed by atoms with Gasteiger partial charge >= 0.3 is 5.91 Å². The number of nitrogens with zero attached hydrogens (tertiary/aromatic N) is 5. The fourth-order valence-electron chi connectivity index (χ4n) is 4.81. The first-order valence-electron chi connectivity index (χ1n) is 12.5. The highest BCUT2D eigenvalue weighted by molar-refractivity contribution is 8.00. The number of benzene rings is 2. The monoisotopic (exact) mass is 605 g/mol. The average Bonchev–Trinajstić information content (AvgIpc) is 3.64. The van der Waals surface area contributed by atoms with E-state index >= 15 is 4.39 Å². The van der Waals surface area contributed by atoms with Crippen LogP contribution >= 0.6 is 34.7 Å². The quantitative estimate of drug-likeness (QED) is 0.0774. The molecule has 12 heteroatoms. The number of halogens is 2. The van der Waals surface area contributed by atoms with E-state index in [1.165, 1.54) is 30.0 Å². The minimum absolute atomic E-state index is 0.0336. The van der Waals surface area contributed by atoms with E-state index in [-0.39, 0.29) is 22.0 Å². The van der Waals surface area contributed by atoms with Gasteiger partial charge in [0.05, 0.1) is 11.3 Å². The maximum absolute atomic E-state index is 15.3. The van der Waals surface area contributed by atoms with Gasteiger partial charge < -0.3 is 9.51 Å². The van der Waals surface area contributed by atoms with Gasteiger partial charge in [-0.2, -0.15) is 0 Å². The third-order valence-electron chi connectivity index (χ3n) is 6.86. The lowest BCUT2D eigenvalue weighted by Gasteiger charge is -2.22. The van der Waals surface area contributed by atoms with Gasteiger partial charge in [0.2, 0.25) is 5.13 Å². The Morgan fingerprint density at radius 2 is 1.83 bits per heavy atom. The second-order valence-electron chi connectivity index (χ2n) is 9.35. The van der Waals surface area contributed by atoms with Crippen molar-refractivity contribution in [3.05, 3.63) is 111 Å². The topological polar surface area (TPSA) is 101 Å². The van der Waals surface area contributed by atoms with Crippen LogP contribution in [0.4, 0.5) is 9.52 Å². The maximum atomic E-state index is 15.3. The van der Waals surface area contributed by atoms with Crippen LogP contribution in [0.1, 0.15) is 34.1 Å². The lowest BCUT2D eigenvalue weighted by Crippen LogP contribution is -2.29. The molecule has 0 spiro atoms. The molecule has 2 aromatic carbocycles. The highest BCUT2D eigenvalue weighted by Gasteiger charge is 2.49. The Hall–Kier alpha value is -4.06. The number of hydrogen-bond acceptors (Lipinski definition) is 8. The van der Waals surface area contributed by atoms with Gasteiger partial charge in [0, 0.05) is 22.5 Å². The number of aliphatic hydroxyl groups is 1. The van der Waals surface area contributed by atoms with E-state index in [4.69, 9.17) is 11.6 Å². The summed E-state index contributed by atoms with van der Waals surface area (Å²) in [5, 5.41) is 20.6. The van der Waals surface area contributed by atoms with Crippen molar-refractivity contribution in [2.75, 3.05) is 4.90 Å². The molecule has 1 amide bonds. The van der Waals surface area contributed by atoms with Gasteiger partial charge in [-0.15, -0.1) is 10.2 Å². The Labute approximate surface area is 247 Å². The van der Waals surface area contributed by atoms with Crippen LogP contribution in [0.15, 0.2) is 76.8 Å². The largest absolute Gasteiger partial charge is 0.505 e. The van der Waals surface area contributed by atoms with E-state index in [1.54, 1.807) is 29.7 Å². The third-order valence-corrected chi connectivity index (χ3v) is 9.34. The Morgan fingerprint density at radius 1 is 1.07 bits per heavy atom. The molecule has 1 saturated heterocycles. The predicted molar refractivity (Wildman–Crippen MR) is 157 cm³/mol. The Balaban J connectivity index is 1.45. The molecule has 0 aliphatic carbocycles. The van der Waals surface area contributed by atoms with Crippen molar-refractivity contribution in [1.82, 2.24) is 19.6 Å². The second kappa shape index (κ2) is 10.7. The molecule has 0 bridgehead atoms. The summed E-state index contributed by atoms with van der Waals surface area (Å²) in [5.74, 6) is -2.54. The number of fused-ring (bicyclic) bond motifs is 1. The number of anilines is 1. The van der Waals surface area contributed by atoms with Gasteiger partial charge in [0.15, 0.2) is 10.1 Å². The molecule has 4 heterocycles. The fraction of sp³-hybridized carbons (Fsp3) is 0.138. The number of hydrogen-bond donors (Lipinski definition) is 1. The number of pyridine rings is 1. The van der Waals surface area contributed by atoms with Gasteiger partial charge in [0.25, 0.3) is 5.78 Å². The molecule has 206 valence electrons. The lowest BCUT2D eigenvalue weighted by molar-refractivity contribution is -0.132. The SMILES string of the molecule is Cc1cccn2c(C)c(C(O)=C3C(=O)C(=O)N(c4nnc(SCc5ccccc5Cl)s4)C3c3ccccc3F)nc12. The molecular weight excluding hydrogens is 585 g/mol. The number of amides is 1. The zero-order chi connectivity index (χ0) is 28.8. The second-order valence-corrected chi connectivity index (χ2v) is 11.9. The Bertz CT molecular complexity index is 1890. The standard InChI is InChI=1S/C29H21ClFN5O3S2/c1-15-8-7-13-35-16(2)22(32-26(15)35)24(37)21-23(18-10-4-6-12-20(18)31)36(27(39)25(21)38)28-33-34-29(41-28)40-14-17-9-3-5-11-19(17)30/h3-13,23,37H,14H2,1-2H3. The van der Waals surface area contributed by atoms with Gasteiger partial charge in [-0.05, 0) is 43.2 Å². The summed E-state index contributed by atoms with van der Waals surface area (Å²) in [5.41, 5.74) is 2.81. The van der Waals surface area contributed by atoms with Crippen LogP contribution in [-0.2, 0) is 15.3 Å². The minimum Gasteiger partial charge on any atom is -0.505 e. The highest BCUT2D eigenvalue weighted by Crippen LogP contribution is 2.45. The number of thioether (sulfide) groups is 1. The molecule has 1 atom stereocenters. The normalized spacial score (nSPS) is 16.7. The summed E-state index contributed by atoms with van der Waals surface area (Å²) in [6.07, 6.45) is 1.79. The smallest absolute Gasteiger partial charge is 0.301 e. The van der Waals surface area contributed by atoms with Crippen molar-refractivity contribution >= 4 is 62.9 Å². The summed E-state index contributed by atoms with van der Waals surface area (Å²) in [7, 11) is 0. The van der Waals surface area contributed by atoms with Crippen molar-refractivity contribution < 1.29 is 19.1 Å². The number of aryl methyl sites for hydroxylation is 2. The summed E-state index contributed by atoms with van der Waals surface area (Å²) < 4.78 is 17.6. The van der Waals surface area contributed by atoms with Crippen molar-refractivity contribution in [3.63, 3.8) is 0 Å². The fourth-order valence-corrected chi connectivity index (χ4v) is 6.96. The third kappa shape index (κ3) is 4.69. The van der Waals surface area contributed by atoms with Crippen LogP contribution in [0.25, 0.3) is 11.4 Å². The number of carbonyl (C=O) groups is 2. The molecule has 1 unspecified atom stereocenters. The molecule has 1 N–H and O–H groups in total. The molecular formula is C29H21ClFN5O3S2. The molecule has 6 rings (SSSR count). The number of aromatic nitrogens is 4. The van der Waals surface area contributed by atoms with E-state index in [2.05, 4.69) is 15.2 Å². The number of carbonyl (C=O) groups excluding carboxylic acids is 2. The van der Waals surface area contributed by atoms with Crippen molar-refractivity contribution in [2.24, 2.45) is 0 Å². The molecule has 0 saturated carbocycles. The van der Waals surface area contributed by atoms with E-state index in [0.717, 1.165) is 27.4 Å². The van der Waals surface area contributed by atoms with Gasteiger partial charge in [-0.25, -0.2) is 9.37 Å². The average molecular weight is 606 g/mol. The summed E-state index contributed by atoms with van der Waals surface area (Å²) in [6, 6.07) is 15.7. The Morgan fingerprint density at radius 3 is 2.59 bits per heavy atom. The molecule has 1 fully saturated rings. The molecule has 41 heavy (non-hydrogen) atoms. The van der Waals surface area contributed by atoms with Crippen LogP contribution in [-0.4, -0.2) is 36.4 Å². The van der Waals surface area contributed by atoms with Crippen molar-refractivity contribution in [2.45, 2.75) is 30.0 Å². The number of imidazole rings is 1. The zero-order valence-electron chi connectivity index (χ0n) is 21.7. The molecule has 0 radical (unpaired) electrons. The summed E-state index contributed by atoms with van der Waals surface area (Å²) >= 11 is 8.73. The van der Waals surface area contributed by atoms with Gasteiger partial charge in [0.1, 0.15) is 23.2 Å². The molecule has 5 aromatic rings. The van der Waals surface area contributed by atoms with E-state index in [9.17, 15) is 14.7 Å². The minimum atomic E-state index is -1.28. The zero-order valence-corrected chi connectivity index (χ0v) is 24.1. The molecule has 8 nitrogen and oxygen atoms in total. The first kappa shape index (κ1) is 27.1. The van der Waals surface area contributed by atoms with Crippen LogP contribution < -0.4 is 4.90 Å². The number of Topliss-reactive ketones (excluding diaryl/α,β-unsaturated/α-hetero) is 1. The molecule has 3 aromatic heterocycles. The molecule has 1 aliphatic heterocycles. The number of ketones is 1. The van der Waals surface area contributed by atoms with Gasteiger partial charge in [-0.1, -0.05) is 77.2 Å². The number of aliphatic hydroxyl groups excluding tert-OH is 1. The Kier molecular flexibility index (Phi) is 7.10. The lowest BCUT2D eigenvalue weighted by atomic mass is 9.96. The van der Waals surface area contributed by atoms with Crippen LogP contribution in [0, 0.1) is 19.7 Å². The maximum Gasteiger partial charge on any atom is 0.301 e.